The number of sulfone groups is 1. The van der Waals surface area contributed by atoms with E-state index in [1.807, 2.05) is 26.0 Å². The van der Waals surface area contributed by atoms with Crippen LogP contribution >= 0.6 is 23.4 Å². The third-order valence-electron chi connectivity index (χ3n) is 5.85. The second-order valence-electron chi connectivity index (χ2n) is 8.24. The molecule has 1 N–H and O–H groups in total. The molecule has 1 saturated heterocycles. The molecule has 1 amide bonds. The summed E-state index contributed by atoms with van der Waals surface area (Å²) in [5, 5.41) is 3.13. The fraction of sp³-hybridized carbons (Fsp3) is 0.364. The molecule has 2 aromatic rings. The summed E-state index contributed by atoms with van der Waals surface area (Å²) in [4.78, 5) is 18.5. The van der Waals surface area contributed by atoms with E-state index in [0.29, 0.717) is 5.69 Å². The minimum Gasteiger partial charge on any atom is -0.325 e. The molecule has 0 radical (unpaired) electrons. The van der Waals surface area contributed by atoms with Crippen molar-refractivity contribution in [3.05, 3.63) is 58.1 Å². The lowest BCUT2D eigenvalue weighted by Gasteiger charge is -2.28. The number of fused-ring (bicyclic) bond motifs is 1. The SMILES string of the molecule is Cc1cccc(NC(=O)CSC2=N[C@H]3CS(=O)(=O)C[C@@H]3N2c2cc(C(F)(F)F)ccc2Cl)c1C. The predicted molar refractivity (Wildman–Crippen MR) is 130 cm³/mol. The van der Waals surface area contributed by atoms with E-state index in [2.05, 4.69) is 10.3 Å². The van der Waals surface area contributed by atoms with Crippen LogP contribution in [0.1, 0.15) is 16.7 Å². The lowest BCUT2D eigenvalue weighted by atomic mass is 10.1. The molecule has 1 fully saturated rings. The van der Waals surface area contributed by atoms with Gasteiger partial charge in [0.1, 0.15) is 0 Å². The average Bonchev–Trinajstić information content (AvgIpc) is 3.20. The van der Waals surface area contributed by atoms with E-state index >= 15 is 0 Å². The second-order valence-corrected chi connectivity index (χ2v) is 11.7. The number of alkyl halides is 3. The summed E-state index contributed by atoms with van der Waals surface area (Å²) in [6.45, 7) is 3.81. The van der Waals surface area contributed by atoms with Crippen molar-refractivity contribution >= 4 is 55.6 Å². The van der Waals surface area contributed by atoms with Gasteiger partial charge in [-0.2, -0.15) is 13.2 Å². The Bertz CT molecular complexity index is 1280. The van der Waals surface area contributed by atoms with E-state index in [9.17, 15) is 26.4 Å². The van der Waals surface area contributed by atoms with E-state index < -0.39 is 33.7 Å². The third kappa shape index (κ3) is 5.06. The minimum absolute atomic E-state index is 0.0160. The number of aliphatic imine (C=N–C) groups is 1. The number of carbonyl (C=O) groups excluding carboxylic acids is 1. The highest BCUT2D eigenvalue weighted by atomic mass is 35.5. The summed E-state index contributed by atoms with van der Waals surface area (Å²) < 4.78 is 64.4. The molecule has 6 nitrogen and oxygen atoms in total. The highest BCUT2D eigenvalue weighted by molar-refractivity contribution is 8.14. The van der Waals surface area contributed by atoms with Crippen LogP contribution in [0.2, 0.25) is 5.02 Å². The molecule has 2 heterocycles. The number of hydrogen-bond donors (Lipinski definition) is 1. The molecule has 0 bridgehead atoms. The number of benzene rings is 2. The first kappa shape index (κ1) is 24.9. The number of carbonyl (C=O) groups is 1. The van der Waals surface area contributed by atoms with Crippen molar-refractivity contribution < 1.29 is 26.4 Å². The van der Waals surface area contributed by atoms with E-state index in [4.69, 9.17) is 11.6 Å². The number of halogens is 4. The summed E-state index contributed by atoms with van der Waals surface area (Å²) in [7, 11) is -3.40. The Morgan fingerprint density at radius 3 is 2.68 bits per heavy atom. The fourth-order valence-corrected chi connectivity index (χ4v) is 6.96. The molecule has 0 saturated carbocycles. The van der Waals surface area contributed by atoms with Gasteiger partial charge in [0.05, 0.1) is 45.6 Å². The molecule has 0 unspecified atom stereocenters. The van der Waals surface area contributed by atoms with Crippen molar-refractivity contribution in [2.24, 2.45) is 4.99 Å². The summed E-state index contributed by atoms with van der Waals surface area (Å²) >= 11 is 7.29. The Morgan fingerprint density at radius 1 is 1.24 bits per heavy atom. The highest BCUT2D eigenvalue weighted by Gasteiger charge is 2.48. The molecule has 2 atom stereocenters. The van der Waals surface area contributed by atoms with Gasteiger partial charge in [-0.05, 0) is 49.2 Å². The van der Waals surface area contributed by atoms with Crippen LogP contribution in [0, 0.1) is 13.8 Å². The van der Waals surface area contributed by atoms with Gasteiger partial charge >= 0.3 is 6.18 Å². The van der Waals surface area contributed by atoms with Gasteiger partial charge in [-0.25, -0.2) is 8.42 Å². The number of amides is 1. The maximum atomic E-state index is 13.4. The highest BCUT2D eigenvalue weighted by Crippen LogP contribution is 2.41. The Labute approximate surface area is 204 Å². The van der Waals surface area contributed by atoms with Gasteiger partial charge in [-0.15, -0.1) is 0 Å². The van der Waals surface area contributed by atoms with Crippen molar-refractivity contribution in [2.75, 3.05) is 27.5 Å². The standard InChI is InChI=1S/C22H21ClF3N3O3S2/c1-12-4-3-5-16(13(12)2)27-20(30)9-33-21-28-17-10-34(31,32)11-19(17)29(21)18-8-14(22(24,25)26)6-7-15(18)23/h3-8,17,19H,9-11H2,1-2H3,(H,27,30)/t17-,19-/m0/s1. The van der Waals surface area contributed by atoms with E-state index in [-0.39, 0.29) is 39.0 Å². The Morgan fingerprint density at radius 2 is 1.97 bits per heavy atom. The maximum absolute atomic E-state index is 13.4. The predicted octanol–water partition coefficient (Wildman–Crippen LogP) is 4.69. The first-order valence-corrected chi connectivity index (χ1v) is 13.5. The Hall–Kier alpha value is -2.24. The van der Waals surface area contributed by atoms with Crippen LogP contribution in [-0.4, -0.2) is 48.8 Å². The second kappa shape index (κ2) is 9.09. The molecule has 4 rings (SSSR count). The molecule has 2 aromatic carbocycles. The van der Waals surface area contributed by atoms with Gasteiger partial charge < -0.3 is 10.2 Å². The number of hydrogen-bond acceptors (Lipinski definition) is 6. The van der Waals surface area contributed by atoms with E-state index in [1.165, 1.54) is 4.90 Å². The zero-order chi connectivity index (χ0) is 24.8. The molecule has 34 heavy (non-hydrogen) atoms. The van der Waals surface area contributed by atoms with Crippen molar-refractivity contribution in [3.63, 3.8) is 0 Å². The maximum Gasteiger partial charge on any atom is 0.416 e. The number of thioether (sulfide) groups is 1. The molecule has 2 aliphatic rings. The molecule has 0 spiro atoms. The van der Waals surface area contributed by atoms with Crippen LogP contribution in [0.3, 0.4) is 0 Å². The minimum atomic E-state index is -4.60. The van der Waals surface area contributed by atoms with E-state index in [1.54, 1.807) is 6.07 Å². The lowest BCUT2D eigenvalue weighted by molar-refractivity contribution is -0.137. The van der Waals surface area contributed by atoms with Crippen LogP contribution in [0.4, 0.5) is 24.5 Å². The van der Waals surface area contributed by atoms with Crippen LogP contribution in [0.5, 0.6) is 0 Å². The fourth-order valence-electron chi connectivity index (χ4n) is 3.99. The Balaban J connectivity index is 1.60. The van der Waals surface area contributed by atoms with Crippen LogP contribution in [0.15, 0.2) is 41.4 Å². The third-order valence-corrected chi connectivity index (χ3v) is 8.84. The van der Waals surface area contributed by atoms with Gasteiger partial charge in [-0.3, -0.25) is 9.79 Å². The topological polar surface area (TPSA) is 78.8 Å². The quantitative estimate of drug-likeness (QED) is 0.619. The van der Waals surface area contributed by atoms with Gasteiger partial charge in [0.2, 0.25) is 5.91 Å². The Kier molecular flexibility index (Phi) is 6.65. The zero-order valence-corrected chi connectivity index (χ0v) is 20.6. The molecule has 2 aliphatic heterocycles. The summed E-state index contributed by atoms with van der Waals surface area (Å²) in [6.07, 6.45) is -4.60. The first-order chi connectivity index (χ1) is 15.9. The average molecular weight is 532 g/mol. The molecular weight excluding hydrogens is 511 g/mol. The largest absolute Gasteiger partial charge is 0.416 e. The summed E-state index contributed by atoms with van der Waals surface area (Å²) in [5.74, 6) is -0.845. The first-order valence-electron chi connectivity index (χ1n) is 10.3. The number of amidine groups is 1. The van der Waals surface area contributed by atoms with Crippen LogP contribution in [0.25, 0.3) is 0 Å². The molecule has 0 aliphatic carbocycles. The van der Waals surface area contributed by atoms with Crippen molar-refractivity contribution in [1.29, 1.82) is 0 Å². The van der Waals surface area contributed by atoms with Crippen molar-refractivity contribution in [1.82, 2.24) is 0 Å². The summed E-state index contributed by atoms with van der Waals surface area (Å²) in [5.41, 5.74) is 1.72. The van der Waals surface area contributed by atoms with Crippen LogP contribution < -0.4 is 10.2 Å². The molecule has 12 heteroatoms. The molecule has 0 aromatic heterocycles. The normalized spacial score (nSPS) is 21.4. The number of aryl methyl sites for hydroxylation is 1. The number of anilines is 2. The van der Waals surface area contributed by atoms with Crippen LogP contribution in [-0.2, 0) is 20.8 Å². The van der Waals surface area contributed by atoms with Crippen molar-refractivity contribution in [3.8, 4) is 0 Å². The summed E-state index contributed by atoms with van der Waals surface area (Å²) in [6, 6.07) is 7.10. The lowest BCUT2D eigenvalue weighted by Crippen LogP contribution is -2.39. The van der Waals surface area contributed by atoms with E-state index in [0.717, 1.165) is 41.1 Å². The molecular formula is C22H21ClF3N3O3S2. The molecule has 182 valence electrons. The van der Waals surface area contributed by atoms with Gasteiger partial charge in [0.25, 0.3) is 0 Å². The monoisotopic (exact) mass is 531 g/mol. The zero-order valence-electron chi connectivity index (χ0n) is 18.2. The van der Waals surface area contributed by atoms with Crippen molar-refractivity contribution in [2.45, 2.75) is 32.1 Å². The van der Waals surface area contributed by atoms with Gasteiger partial charge in [-0.1, -0.05) is 35.5 Å². The van der Waals surface area contributed by atoms with Gasteiger partial charge in [0, 0.05) is 5.69 Å². The number of rotatable bonds is 4. The van der Waals surface area contributed by atoms with Gasteiger partial charge in [0.15, 0.2) is 15.0 Å². The smallest absolute Gasteiger partial charge is 0.325 e. The number of nitrogens with one attached hydrogen (secondary N) is 1. The number of nitrogens with zero attached hydrogens (tertiary/aromatic N) is 2.